The van der Waals surface area contributed by atoms with Gasteiger partial charge in [0.2, 0.25) is 0 Å². The van der Waals surface area contributed by atoms with E-state index in [4.69, 9.17) is 0 Å². The van der Waals surface area contributed by atoms with E-state index in [2.05, 4.69) is 31.9 Å². The first kappa shape index (κ1) is 52.2. The molecular formula is C26H64Cl6N6. The Morgan fingerprint density at radius 3 is 0.474 bits per heavy atom. The van der Waals surface area contributed by atoms with Crippen LogP contribution in [0, 0.1) is 0 Å². The molecule has 0 aromatic heterocycles. The minimum absolute atomic E-state index is 0. The van der Waals surface area contributed by atoms with Gasteiger partial charge in [-0.05, 0) is 51.9 Å². The summed E-state index contributed by atoms with van der Waals surface area (Å²) in [5.74, 6) is 0. The molecule has 0 amide bonds. The Kier molecular flexibility index (Phi) is 66.2. The number of halogens is 6. The average Bonchev–Trinajstić information content (AvgIpc) is 2.80. The summed E-state index contributed by atoms with van der Waals surface area (Å²) in [5.41, 5.74) is 0. The molecule has 1 aliphatic heterocycles. The van der Waals surface area contributed by atoms with Gasteiger partial charge in [-0.3, -0.25) is 0 Å². The second-order valence-electron chi connectivity index (χ2n) is 9.45. The summed E-state index contributed by atoms with van der Waals surface area (Å²) < 4.78 is 0. The molecule has 12 heteroatoms. The number of hydrogen-bond acceptors (Lipinski definition) is 6. The van der Waals surface area contributed by atoms with Crippen molar-refractivity contribution in [3.8, 4) is 0 Å². The van der Waals surface area contributed by atoms with Crippen molar-refractivity contribution in [2.24, 2.45) is 0 Å². The summed E-state index contributed by atoms with van der Waals surface area (Å²) in [6.07, 6.45) is 19.2. The lowest BCUT2D eigenvalue weighted by atomic mass is 10.1. The van der Waals surface area contributed by atoms with Crippen molar-refractivity contribution in [3.05, 3.63) is 0 Å². The molecule has 6 nitrogen and oxygen atoms in total. The highest BCUT2D eigenvalue weighted by Crippen LogP contribution is 2.07. The van der Waals surface area contributed by atoms with Crippen LogP contribution < -0.4 is 31.9 Å². The van der Waals surface area contributed by atoms with Crippen molar-refractivity contribution in [2.45, 2.75) is 89.9 Å². The summed E-state index contributed by atoms with van der Waals surface area (Å²) in [4.78, 5) is 0. The van der Waals surface area contributed by atoms with Gasteiger partial charge in [-0.15, -0.1) is 74.4 Å². The number of nitrogens with one attached hydrogen (secondary N) is 6. The quantitative estimate of drug-likeness (QED) is 0.204. The van der Waals surface area contributed by atoms with Gasteiger partial charge in [-0.1, -0.05) is 64.2 Å². The fourth-order valence-electron chi connectivity index (χ4n) is 4.22. The van der Waals surface area contributed by atoms with E-state index >= 15 is 0 Å². The highest BCUT2D eigenvalue weighted by Gasteiger charge is 1.96. The minimum atomic E-state index is 0. The molecule has 0 bridgehead atoms. The average molecular weight is 674 g/mol. The van der Waals surface area contributed by atoms with E-state index in [1.165, 1.54) is 116 Å². The van der Waals surface area contributed by atoms with Gasteiger partial charge in [0.15, 0.2) is 0 Å². The van der Waals surface area contributed by atoms with Crippen LogP contribution >= 0.6 is 74.4 Å². The van der Waals surface area contributed by atoms with Crippen LogP contribution in [0.4, 0.5) is 0 Å². The van der Waals surface area contributed by atoms with Gasteiger partial charge in [0.1, 0.15) is 0 Å². The van der Waals surface area contributed by atoms with Crippen LogP contribution in [0.2, 0.25) is 0 Å². The molecule has 0 saturated carbocycles. The Hall–Kier alpha value is 1.50. The number of hydrogen-bond donors (Lipinski definition) is 6. The van der Waals surface area contributed by atoms with E-state index in [0.29, 0.717) is 0 Å². The third-order valence-corrected chi connectivity index (χ3v) is 6.33. The van der Waals surface area contributed by atoms with Crippen molar-refractivity contribution in [1.82, 2.24) is 31.9 Å². The molecule has 1 aliphatic rings. The second-order valence-corrected chi connectivity index (χ2v) is 9.45. The molecule has 0 unspecified atom stereocenters. The molecule has 6 N–H and O–H groups in total. The minimum Gasteiger partial charge on any atom is -0.315 e. The lowest BCUT2D eigenvalue weighted by Gasteiger charge is -2.09. The lowest BCUT2D eigenvalue weighted by molar-refractivity contribution is 0.521. The largest absolute Gasteiger partial charge is 0.315 e. The first-order valence-corrected chi connectivity index (χ1v) is 14.2. The van der Waals surface area contributed by atoms with Gasteiger partial charge < -0.3 is 31.9 Å². The third-order valence-electron chi connectivity index (χ3n) is 6.33. The van der Waals surface area contributed by atoms with Crippen LogP contribution in [-0.2, 0) is 0 Å². The molecule has 0 aliphatic carbocycles. The topological polar surface area (TPSA) is 72.2 Å². The lowest BCUT2D eigenvalue weighted by Crippen LogP contribution is -2.33. The fraction of sp³-hybridized carbons (Fsp3) is 1.00. The van der Waals surface area contributed by atoms with Gasteiger partial charge in [0.25, 0.3) is 0 Å². The van der Waals surface area contributed by atoms with E-state index in [1.807, 2.05) is 0 Å². The van der Waals surface area contributed by atoms with Crippen LogP contribution in [-0.4, -0.2) is 78.5 Å². The summed E-state index contributed by atoms with van der Waals surface area (Å²) in [7, 11) is 0. The Morgan fingerprint density at radius 2 is 0.289 bits per heavy atom. The molecule has 240 valence electrons. The summed E-state index contributed by atoms with van der Waals surface area (Å²) in [5, 5.41) is 21.4. The predicted octanol–water partition coefficient (Wildman–Crippen LogP) is 5.53. The van der Waals surface area contributed by atoms with E-state index in [9.17, 15) is 0 Å². The Labute approximate surface area is 273 Å². The molecule has 0 aromatic carbocycles. The molecule has 0 atom stereocenters. The zero-order chi connectivity index (χ0) is 22.6. The molecule has 38 heavy (non-hydrogen) atoms. The normalized spacial score (nSPS) is 20.2. The van der Waals surface area contributed by atoms with Crippen molar-refractivity contribution < 1.29 is 0 Å². The van der Waals surface area contributed by atoms with Gasteiger partial charge in [0.05, 0.1) is 0 Å². The van der Waals surface area contributed by atoms with Crippen molar-refractivity contribution in [3.63, 3.8) is 0 Å². The first-order valence-electron chi connectivity index (χ1n) is 14.2. The Balaban J connectivity index is -0.000000427. The molecule has 0 aromatic rings. The maximum Gasteiger partial charge on any atom is 0.00772 e. The monoisotopic (exact) mass is 670 g/mol. The van der Waals surface area contributed by atoms with E-state index in [0.717, 1.165) is 52.4 Å². The Bertz CT molecular complexity index is 206. The fourth-order valence-corrected chi connectivity index (χ4v) is 4.22. The standard InChI is InChI=1S/C26H58N6.6ClH/c1-3-7-11-15-27-19-23-31-25-21-29-17-13-9-5-2-6-10-14-18-30-22-26-32-24-20-28-16-12-8-4-1;;;;;;/h27-32H,1-26H2;6*1H. The molecule has 1 fully saturated rings. The molecule has 1 rings (SSSR count). The van der Waals surface area contributed by atoms with Crippen molar-refractivity contribution in [2.75, 3.05) is 78.5 Å². The zero-order valence-corrected chi connectivity index (χ0v) is 28.7. The molecule has 1 heterocycles. The molecule has 0 radical (unpaired) electrons. The SMILES string of the molecule is C1CCCCNCCNCCNCCCCCCCCCNCCNCCNCCCC1.Cl.Cl.Cl.Cl.Cl.Cl. The molecule has 0 spiro atoms. The van der Waals surface area contributed by atoms with E-state index < -0.39 is 0 Å². The highest BCUT2D eigenvalue weighted by atomic mass is 35.5. The van der Waals surface area contributed by atoms with Crippen molar-refractivity contribution >= 4 is 74.4 Å². The van der Waals surface area contributed by atoms with Gasteiger partial charge >= 0.3 is 0 Å². The predicted molar refractivity (Wildman–Crippen MR) is 185 cm³/mol. The number of rotatable bonds is 0. The maximum atomic E-state index is 3.57. The zero-order valence-electron chi connectivity index (χ0n) is 23.8. The maximum absolute atomic E-state index is 3.57. The summed E-state index contributed by atoms with van der Waals surface area (Å²) in [6.45, 7) is 13.4. The second kappa shape index (κ2) is 48.2. The molecule has 1 saturated heterocycles. The van der Waals surface area contributed by atoms with E-state index in [-0.39, 0.29) is 74.4 Å². The van der Waals surface area contributed by atoms with Crippen LogP contribution in [0.1, 0.15) is 89.9 Å². The highest BCUT2D eigenvalue weighted by molar-refractivity contribution is 5.86. The molecular weight excluding hydrogens is 609 g/mol. The first-order chi connectivity index (χ1) is 16.0. The van der Waals surface area contributed by atoms with Gasteiger partial charge in [0, 0.05) is 52.4 Å². The van der Waals surface area contributed by atoms with Crippen LogP contribution in [0.3, 0.4) is 0 Å². The van der Waals surface area contributed by atoms with Crippen LogP contribution in [0.15, 0.2) is 0 Å². The summed E-state index contributed by atoms with van der Waals surface area (Å²) in [6, 6.07) is 0. The van der Waals surface area contributed by atoms with Gasteiger partial charge in [-0.2, -0.15) is 0 Å². The third kappa shape index (κ3) is 44.5. The van der Waals surface area contributed by atoms with Crippen LogP contribution in [0.25, 0.3) is 0 Å². The summed E-state index contributed by atoms with van der Waals surface area (Å²) >= 11 is 0. The van der Waals surface area contributed by atoms with Crippen LogP contribution in [0.5, 0.6) is 0 Å². The van der Waals surface area contributed by atoms with E-state index in [1.54, 1.807) is 0 Å². The Morgan fingerprint density at radius 1 is 0.158 bits per heavy atom. The van der Waals surface area contributed by atoms with Crippen molar-refractivity contribution in [1.29, 1.82) is 0 Å². The smallest absolute Gasteiger partial charge is 0.00772 e. The van der Waals surface area contributed by atoms with Gasteiger partial charge in [-0.25, -0.2) is 0 Å².